The van der Waals surface area contributed by atoms with E-state index in [2.05, 4.69) is 15.5 Å². The molecule has 0 saturated heterocycles. The van der Waals surface area contributed by atoms with E-state index < -0.39 is 52.0 Å². The number of carbonyl (C=O) groups excluding carboxylic acids is 1. The van der Waals surface area contributed by atoms with Gasteiger partial charge in [0, 0.05) is 17.8 Å². The van der Waals surface area contributed by atoms with Gasteiger partial charge in [-0.05, 0) is 11.8 Å². The lowest BCUT2D eigenvalue weighted by atomic mass is 10.2. The molecule has 0 atom stereocenters. The zero-order chi connectivity index (χ0) is 21.3. The van der Waals surface area contributed by atoms with Crippen LogP contribution >= 0.6 is 0 Å². The number of hydrogen-bond donors (Lipinski definition) is 1. The first-order chi connectivity index (χ1) is 13.7. The Morgan fingerprint density at radius 2 is 1.93 bits per heavy atom. The Morgan fingerprint density at radius 1 is 1.21 bits per heavy atom. The molecule has 0 unspecified atom stereocenters. The summed E-state index contributed by atoms with van der Waals surface area (Å²) in [6.45, 7) is 0.669. The minimum absolute atomic E-state index is 0.151. The van der Waals surface area contributed by atoms with Crippen molar-refractivity contribution in [1.82, 2.24) is 19.6 Å². The van der Waals surface area contributed by atoms with Crippen LogP contribution in [0.5, 0.6) is 0 Å². The molecule has 0 spiro atoms. The molecule has 0 aliphatic heterocycles. The molecule has 0 radical (unpaired) electrons. The highest BCUT2D eigenvalue weighted by atomic mass is 19.2. The van der Waals surface area contributed by atoms with Gasteiger partial charge in [0.25, 0.3) is 0 Å². The van der Waals surface area contributed by atoms with Crippen LogP contribution in [-0.2, 0) is 17.9 Å². The first kappa shape index (κ1) is 20.0. The number of nitro groups is 1. The summed E-state index contributed by atoms with van der Waals surface area (Å²) in [4.78, 5) is 22.1. The molecule has 1 aromatic carbocycles. The van der Waals surface area contributed by atoms with Gasteiger partial charge in [0.05, 0.1) is 35.3 Å². The highest BCUT2D eigenvalue weighted by Gasteiger charge is 2.20. The standard InChI is InChI=1S/C16H12F4N6O3/c1-8-2-13(26(28)29)23-25(8)7-14(27)22-9-4-21-24(5-9)6-10-11(17)3-12(18)16(20)15(10)19/h2-5H,6-7H2,1H3,(H,22,27). The molecule has 0 aliphatic carbocycles. The van der Waals surface area contributed by atoms with Gasteiger partial charge in [-0.3, -0.25) is 9.48 Å². The first-order valence-electron chi connectivity index (χ1n) is 7.98. The minimum Gasteiger partial charge on any atom is -0.358 e. The van der Waals surface area contributed by atoms with E-state index in [0.717, 1.165) is 9.36 Å². The smallest absolute Gasteiger partial charge is 0.358 e. The van der Waals surface area contributed by atoms with E-state index in [1.165, 1.54) is 25.4 Å². The SMILES string of the molecule is Cc1cc([N+](=O)[O-])nn1CC(=O)Nc1cnn(Cc2c(F)cc(F)c(F)c2F)c1. The summed E-state index contributed by atoms with van der Waals surface area (Å²) in [7, 11) is 0. The number of halogens is 4. The molecule has 0 saturated carbocycles. The molecule has 3 rings (SSSR count). The Kier molecular flexibility index (Phi) is 5.30. The summed E-state index contributed by atoms with van der Waals surface area (Å²) in [5.74, 6) is -7.38. The maximum absolute atomic E-state index is 13.7. The number of rotatable bonds is 6. The molecule has 2 heterocycles. The predicted octanol–water partition coefficient (Wildman–Crippen LogP) is 2.54. The van der Waals surface area contributed by atoms with Crippen molar-refractivity contribution in [2.75, 3.05) is 5.32 Å². The topological polar surface area (TPSA) is 108 Å². The second-order valence-electron chi connectivity index (χ2n) is 5.98. The lowest BCUT2D eigenvalue weighted by Gasteiger charge is -2.07. The highest BCUT2D eigenvalue weighted by Crippen LogP contribution is 2.20. The number of amides is 1. The van der Waals surface area contributed by atoms with Crippen LogP contribution in [0.15, 0.2) is 24.5 Å². The number of aromatic nitrogens is 4. The van der Waals surface area contributed by atoms with E-state index in [4.69, 9.17) is 0 Å². The average molecular weight is 412 g/mol. The van der Waals surface area contributed by atoms with Crippen LogP contribution in [0, 0.1) is 40.3 Å². The second kappa shape index (κ2) is 7.69. The van der Waals surface area contributed by atoms with Crippen LogP contribution in [0.4, 0.5) is 29.1 Å². The molecule has 1 amide bonds. The lowest BCUT2D eigenvalue weighted by Crippen LogP contribution is -2.20. The number of anilines is 1. The van der Waals surface area contributed by atoms with Crippen LogP contribution in [0.2, 0.25) is 0 Å². The molecule has 29 heavy (non-hydrogen) atoms. The first-order valence-corrected chi connectivity index (χ1v) is 7.98. The van der Waals surface area contributed by atoms with Crippen LogP contribution < -0.4 is 5.32 Å². The second-order valence-corrected chi connectivity index (χ2v) is 5.98. The lowest BCUT2D eigenvalue weighted by molar-refractivity contribution is -0.389. The fourth-order valence-electron chi connectivity index (χ4n) is 2.50. The number of hydrogen-bond acceptors (Lipinski definition) is 5. The molecule has 0 bridgehead atoms. The third-order valence-corrected chi connectivity index (χ3v) is 3.89. The number of aryl methyl sites for hydroxylation is 1. The van der Waals surface area contributed by atoms with Gasteiger partial charge >= 0.3 is 5.82 Å². The summed E-state index contributed by atoms with van der Waals surface area (Å²) in [5, 5.41) is 20.6. The molecule has 0 aliphatic rings. The van der Waals surface area contributed by atoms with E-state index in [9.17, 15) is 32.5 Å². The Labute approximate surface area is 159 Å². The quantitative estimate of drug-likeness (QED) is 0.220. The third-order valence-electron chi connectivity index (χ3n) is 3.89. The summed E-state index contributed by atoms with van der Waals surface area (Å²) in [6.07, 6.45) is 2.39. The molecule has 152 valence electrons. The molecular formula is C16H12F4N6O3. The zero-order valence-electron chi connectivity index (χ0n) is 14.7. The average Bonchev–Trinajstić information content (AvgIpc) is 3.23. The van der Waals surface area contributed by atoms with Gasteiger partial charge in [0.15, 0.2) is 17.5 Å². The van der Waals surface area contributed by atoms with Crippen LogP contribution in [0.1, 0.15) is 11.3 Å². The van der Waals surface area contributed by atoms with E-state index in [-0.39, 0.29) is 18.3 Å². The fourth-order valence-corrected chi connectivity index (χ4v) is 2.50. The van der Waals surface area contributed by atoms with Crippen molar-refractivity contribution in [2.45, 2.75) is 20.0 Å². The molecule has 0 fully saturated rings. The Morgan fingerprint density at radius 3 is 2.59 bits per heavy atom. The molecule has 2 aromatic heterocycles. The van der Waals surface area contributed by atoms with Crippen LogP contribution in [0.3, 0.4) is 0 Å². The van der Waals surface area contributed by atoms with Gasteiger partial charge in [0.1, 0.15) is 12.4 Å². The summed E-state index contributed by atoms with van der Waals surface area (Å²) in [6, 6.07) is 1.43. The largest absolute Gasteiger partial charge is 0.390 e. The molecule has 3 aromatic rings. The van der Waals surface area contributed by atoms with Gasteiger partial charge in [-0.2, -0.15) is 9.78 Å². The molecule has 13 heteroatoms. The van der Waals surface area contributed by atoms with Gasteiger partial charge in [-0.25, -0.2) is 17.6 Å². The Balaban J connectivity index is 1.69. The molecular weight excluding hydrogens is 400 g/mol. The van der Waals surface area contributed by atoms with Gasteiger partial charge in [0.2, 0.25) is 5.91 Å². The van der Waals surface area contributed by atoms with Crippen molar-refractivity contribution in [1.29, 1.82) is 0 Å². The monoisotopic (exact) mass is 412 g/mol. The number of nitrogens with zero attached hydrogens (tertiary/aromatic N) is 5. The molecule has 1 N–H and O–H groups in total. The van der Waals surface area contributed by atoms with Crippen molar-refractivity contribution in [3.8, 4) is 0 Å². The maximum Gasteiger partial charge on any atom is 0.390 e. The van der Waals surface area contributed by atoms with E-state index in [1.807, 2.05) is 0 Å². The van der Waals surface area contributed by atoms with E-state index >= 15 is 0 Å². The van der Waals surface area contributed by atoms with Crippen molar-refractivity contribution < 1.29 is 27.3 Å². The Bertz CT molecular complexity index is 1110. The summed E-state index contributed by atoms with van der Waals surface area (Å²) in [5.41, 5.74) is -0.186. The van der Waals surface area contributed by atoms with E-state index in [0.29, 0.717) is 5.69 Å². The predicted molar refractivity (Wildman–Crippen MR) is 89.9 cm³/mol. The van der Waals surface area contributed by atoms with Crippen molar-refractivity contribution in [3.05, 3.63) is 69.2 Å². The number of benzene rings is 1. The van der Waals surface area contributed by atoms with Crippen molar-refractivity contribution in [2.24, 2.45) is 0 Å². The van der Waals surface area contributed by atoms with Crippen LogP contribution in [-0.4, -0.2) is 30.4 Å². The maximum atomic E-state index is 13.7. The minimum atomic E-state index is -1.80. The molecule has 9 nitrogen and oxygen atoms in total. The fraction of sp³-hybridized carbons (Fsp3) is 0.188. The summed E-state index contributed by atoms with van der Waals surface area (Å²) >= 11 is 0. The number of carbonyl (C=O) groups is 1. The van der Waals surface area contributed by atoms with Gasteiger partial charge in [-0.15, -0.1) is 0 Å². The summed E-state index contributed by atoms with van der Waals surface area (Å²) < 4.78 is 55.9. The van der Waals surface area contributed by atoms with Gasteiger partial charge < -0.3 is 15.4 Å². The normalized spacial score (nSPS) is 10.9. The number of nitrogens with one attached hydrogen (secondary N) is 1. The highest BCUT2D eigenvalue weighted by molar-refractivity contribution is 5.90. The van der Waals surface area contributed by atoms with Gasteiger partial charge in [-0.1, -0.05) is 0 Å². The third kappa shape index (κ3) is 4.23. The van der Waals surface area contributed by atoms with Crippen LogP contribution in [0.25, 0.3) is 0 Å². The van der Waals surface area contributed by atoms with Crippen molar-refractivity contribution >= 4 is 17.4 Å². The van der Waals surface area contributed by atoms with Crippen molar-refractivity contribution in [3.63, 3.8) is 0 Å². The zero-order valence-corrected chi connectivity index (χ0v) is 14.7. The van der Waals surface area contributed by atoms with E-state index in [1.54, 1.807) is 0 Å². The Hall–Kier alpha value is -3.77.